The first-order valence-electron chi connectivity index (χ1n) is 8.44. The van der Waals surface area contributed by atoms with E-state index in [-0.39, 0.29) is 48.4 Å². The predicted octanol–water partition coefficient (Wildman–Crippen LogP) is 0.829. The summed E-state index contributed by atoms with van der Waals surface area (Å²) in [6.07, 6.45) is -1.85. The van der Waals surface area contributed by atoms with Gasteiger partial charge in [-0.3, -0.25) is 4.79 Å². The summed E-state index contributed by atoms with van der Waals surface area (Å²) in [5.74, 6) is -0.874. The standard InChI is InChI=1S/C15H20F3N5O2/c16-15(17,18)13-22-21-11-7-25-10(6-23(11)13)3-9-5-14(9)4-8(12(19)24)1-2-20-14/h8-10,20H,1-7H2,(H2,19,24)/t8?,9?,10-,14?/m0/s1. The summed E-state index contributed by atoms with van der Waals surface area (Å²) < 4.78 is 45.8. The molecule has 3 N–H and O–H groups in total. The summed E-state index contributed by atoms with van der Waals surface area (Å²) in [5.41, 5.74) is 5.32. The number of piperidine rings is 1. The third-order valence-electron chi connectivity index (χ3n) is 5.68. The molecule has 3 unspecified atom stereocenters. The van der Waals surface area contributed by atoms with E-state index in [1.807, 2.05) is 0 Å². The van der Waals surface area contributed by atoms with Crippen LogP contribution in [0.1, 0.15) is 37.3 Å². The number of hydrogen-bond donors (Lipinski definition) is 2. The van der Waals surface area contributed by atoms with Crippen LogP contribution in [0.5, 0.6) is 0 Å². The highest BCUT2D eigenvalue weighted by Gasteiger charge is 2.57. The maximum atomic E-state index is 13.0. The van der Waals surface area contributed by atoms with Crippen LogP contribution in [0, 0.1) is 11.8 Å². The molecule has 1 amide bonds. The van der Waals surface area contributed by atoms with Crippen LogP contribution < -0.4 is 11.1 Å². The van der Waals surface area contributed by atoms with Crippen molar-refractivity contribution in [3.63, 3.8) is 0 Å². The Bertz CT molecular complexity index is 691. The molecule has 4 atom stereocenters. The van der Waals surface area contributed by atoms with E-state index in [4.69, 9.17) is 10.5 Å². The minimum Gasteiger partial charge on any atom is -0.369 e. The van der Waals surface area contributed by atoms with Gasteiger partial charge in [0.05, 0.1) is 12.6 Å². The van der Waals surface area contributed by atoms with Crippen LogP contribution in [0.3, 0.4) is 0 Å². The molecule has 1 aromatic heterocycles. The van der Waals surface area contributed by atoms with E-state index < -0.39 is 12.0 Å². The van der Waals surface area contributed by atoms with E-state index in [0.29, 0.717) is 12.8 Å². The molecule has 0 radical (unpaired) electrons. The molecule has 2 fully saturated rings. The SMILES string of the molecule is NC(=O)C1CCNC2(C1)CC2C[C@H]1Cn2c(nnc2C(F)(F)F)CO1. The van der Waals surface area contributed by atoms with Crippen molar-refractivity contribution in [2.75, 3.05) is 6.54 Å². The molecule has 7 nitrogen and oxygen atoms in total. The average molecular weight is 359 g/mol. The second kappa shape index (κ2) is 5.66. The highest BCUT2D eigenvalue weighted by molar-refractivity contribution is 5.77. The number of primary amides is 1. The number of fused-ring (bicyclic) bond motifs is 1. The normalized spacial score (nSPS) is 34.8. The van der Waals surface area contributed by atoms with Crippen LogP contribution in [0.4, 0.5) is 13.2 Å². The summed E-state index contributed by atoms with van der Waals surface area (Å²) in [4.78, 5) is 11.5. The fourth-order valence-electron chi connectivity index (χ4n) is 4.26. The Morgan fingerprint density at radius 3 is 2.92 bits per heavy atom. The van der Waals surface area contributed by atoms with Crippen molar-refractivity contribution in [1.29, 1.82) is 0 Å². The summed E-state index contributed by atoms with van der Waals surface area (Å²) in [5, 5.41) is 10.3. The number of carbonyl (C=O) groups is 1. The Balaban J connectivity index is 1.41. The van der Waals surface area contributed by atoms with Gasteiger partial charge in [0.25, 0.3) is 0 Å². The Kier molecular flexibility index (Phi) is 3.80. The third-order valence-corrected chi connectivity index (χ3v) is 5.68. The lowest BCUT2D eigenvalue weighted by molar-refractivity contribution is -0.149. The molecule has 1 saturated heterocycles. The number of nitrogens with one attached hydrogen (secondary N) is 1. The fraction of sp³-hybridized carbons (Fsp3) is 0.800. The molecule has 4 rings (SSSR count). The van der Waals surface area contributed by atoms with Gasteiger partial charge in [0.1, 0.15) is 6.61 Å². The topological polar surface area (TPSA) is 95.1 Å². The molecule has 2 aliphatic heterocycles. The second-order valence-corrected chi connectivity index (χ2v) is 7.29. The number of halogens is 3. The fourth-order valence-corrected chi connectivity index (χ4v) is 4.26. The Morgan fingerprint density at radius 2 is 2.20 bits per heavy atom. The van der Waals surface area contributed by atoms with E-state index in [1.165, 1.54) is 0 Å². The number of amides is 1. The summed E-state index contributed by atoms with van der Waals surface area (Å²) in [6.45, 7) is 0.872. The minimum atomic E-state index is -4.52. The molecular weight excluding hydrogens is 339 g/mol. The maximum Gasteiger partial charge on any atom is 0.451 e. The first-order chi connectivity index (χ1) is 11.8. The monoisotopic (exact) mass is 359 g/mol. The van der Waals surface area contributed by atoms with Crippen molar-refractivity contribution in [2.24, 2.45) is 17.6 Å². The lowest BCUT2D eigenvalue weighted by atomic mass is 9.88. The number of carbonyl (C=O) groups excluding carboxylic acids is 1. The average Bonchev–Trinajstić information content (AvgIpc) is 3.00. The Hall–Kier alpha value is -1.68. The Labute approximate surface area is 142 Å². The van der Waals surface area contributed by atoms with Crippen molar-refractivity contribution in [3.05, 3.63) is 11.6 Å². The van der Waals surface area contributed by atoms with Gasteiger partial charge in [-0.2, -0.15) is 13.2 Å². The van der Waals surface area contributed by atoms with Crippen LogP contribution in [-0.4, -0.2) is 38.9 Å². The molecule has 3 aliphatic rings. The van der Waals surface area contributed by atoms with Crippen LogP contribution in [0.15, 0.2) is 0 Å². The van der Waals surface area contributed by atoms with Crippen molar-refractivity contribution < 1.29 is 22.7 Å². The Morgan fingerprint density at radius 1 is 1.40 bits per heavy atom. The van der Waals surface area contributed by atoms with Crippen molar-refractivity contribution in [1.82, 2.24) is 20.1 Å². The van der Waals surface area contributed by atoms with Crippen molar-refractivity contribution in [3.8, 4) is 0 Å². The number of rotatable bonds is 3. The van der Waals surface area contributed by atoms with E-state index in [2.05, 4.69) is 15.5 Å². The highest BCUT2D eigenvalue weighted by Crippen LogP contribution is 2.53. The zero-order valence-corrected chi connectivity index (χ0v) is 13.6. The smallest absolute Gasteiger partial charge is 0.369 e. The van der Waals surface area contributed by atoms with Gasteiger partial charge in [0, 0.05) is 11.5 Å². The lowest BCUT2D eigenvalue weighted by Crippen LogP contribution is -2.45. The van der Waals surface area contributed by atoms with Gasteiger partial charge in [-0.25, -0.2) is 0 Å². The number of nitrogens with two attached hydrogens (primary N) is 1. The van der Waals surface area contributed by atoms with Crippen LogP contribution in [-0.2, 0) is 28.9 Å². The van der Waals surface area contributed by atoms with Gasteiger partial charge in [-0.1, -0.05) is 0 Å². The van der Waals surface area contributed by atoms with Gasteiger partial charge >= 0.3 is 6.18 Å². The molecule has 1 aliphatic carbocycles. The molecule has 0 bridgehead atoms. The molecule has 138 valence electrons. The highest BCUT2D eigenvalue weighted by atomic mass is 19.4. The zero-order chi connectivity index (χ0) is 17.8. The van der Waals surface area contributed by atoms with Gasteiger partial charge < -0.3 is 20.4 Å². The van der Waals surface area contributed by atoms with Crippen LogP contribution in [0.2, 0.25) is 0 Å². The summed E-state index contributed by atoms with van der Waals surface area (Å²) in [7, 11) is 0. The summed E-state index contributed by atoms with van der Waals surface area (Å²) in [6, 6.07) is 0. The number of alkyl halides is 3. The number of hydrogen-bond acceptors (Lipinski definition) is 5. The zero-order valence-electron chi connectivity index (χ0n) is 13.6. The molecule has 3 heterocycles. The predicted molar refractivity (Wildman–Crippen MR) is 79.0 cm³/mol. The quantitative estimate of drug-likeness (QED) is 0.834. The van der Waals surface area contributed by atoms with Crippen molar-refractivity contribution in [2.45, 2.75) is 56.7 Å². The van der Waals surface area contributed by atoms with E-state index in [9.17, 15) is 18.0 Å². The third kappa shape index (κ3) is 3.01. The van der Waals surface area contributed by atoms with Gasteiger partial charge in [0.15, 0.2) is 5.82 Å². The minimum absolute atomic E-state index is 0.0325. The van der Waals surface area contributed by atoms with Crippen molar-refractivity contribution >= 4 is 5.91 Å². The molecule has 25 heavy (non-hydrogen) atoms. The van der Waals surface area contributed by atoms with Gasteiger partial charge in [-0.15, -0.1) is 10.2 Å². The molecule has 0 aromatic carbocycles. The molecule has 10 heteroatoms. The van der Waals surface area contributed by atoms with Crippen LogP contribution in [0.25, 0.3) is 0 Å². The molecular formula is C15H20F3N5O2. The molecule has 1 aromatic rings. The lowest BCUT2D eigenvalue weighted by Gasteiger charge is -2.31. The maximum absolute atomic E-state index is 13.0. The first-order valence-corrected chi connectivity index (χ1v) is 8.44. The molecule has 1 saturated carbocycles. The summed E-state index contributed by atoms with van der Waals surface area (Å²) >= 11 is 0. The van der Waals surface area contributed by atoms with E-state index in [1.54, 1.807) is 0 Å². The number of nitrogens with zero attached hydrogens (tertiary/aromatic N) is 3. The van der Waals surface area contributed by atoms with E-state index in [0.717, 1.165) is 24.0 Å². The van der Waals surface area contributed by atoms with E-state index >= 15 is 0 Å². The van der Waals surface area contributed by atoms with Gasteiger partial charge in [-0.05, 0) is 38.1 Å². The van der Waals surface area contributed by atoms with Gasteiger partial charge in [0.2, 0.25) is 11.7 Å². The number of aromatic nitrogens is 3. The molecule has 1 spiro atoms. The van der Waals surface area contributed by atoms with Crippen LogP contribution >= 0.6 is 0 Å². The second-order valence-electron chi connectivity index (χ2n) is 7.29. The first kappa shape index (κ1) is 16.8. The number of ether oxygens (including phenoxy) is 1. The largest absolute Gasteiger partial charge is 0.451 e.